The molecule has 0 spiro atoms. The van der Waals surface area contributed by atoms with Gasteiger partial charge in [-0.25, -0.2) is 0 Å². The molecule has 13 heavy (non-hydrogen) atoms. The highest BCUT2D eigenvalue weighted by atomic mass is 79.9. The number of nitrogens with one attached hydrogen (secondary N) is 1. The van der Waals surface area contributed by atoms with Gasteiger partial charge in [-0.3, -0.25) is 0 Å². The number of rotatable bonds is 1. The standard InChI is InChI=1S/C7H4BrCl4N/c1-13-7-5(11)3(9)2(8)4(10)6(7)12/h13H,1H3. The minimum Gasteiger partial charge on any atom is -0.386 e. The molecule has 1 aromatic carbocycles. The first kappa shape index (κ1) is 11.7. The summed E-state index contributed by atoms with van der Waals surface area (Å²) < 4.78 is 0.504. The molecule has 0 aliphatic heterocycles. The average molecular weight is 324 g/mol. The van der Waals surface area contributed by atoms with Crippen molar-refractivity contribution < 1.29 is 0 Å². The molecule has 0 atom stereocenters. The summed E-state index contributed by atoms with van der Waals surface area (Å²) in [5, 5.41) is 4.22. The van der Waals surface area contributed by atoms with Crippen LogP contribution in [0, 0.1) is 0 Å². The van der Waals surface area contributed by atoms with Crippen LogP contribution in [-0.4, -0.2) is 7.05 Å². The smallest absolute Gasteiger partial charge is 0.0851 e. The first-order chi connectivity index (χ1) is 6.00. The van der Waals surface area contributed by atoms with E-state index in [-0.39, 0.29) is 0 Å². The fourth-order valence-corrected chi connectivity index (χ4v) is 2.49. The molecule has 0 heterocycles. The normalized spacial score (nSPS) is 10.3. The predicted molar refractivity (Wildman–Crippen MR) is 63.7 cm³/mol. The van der Waals surface area contributed by atoms with E-state index in [9.17, 15) is 0 Å². The van der Waals surface area contributed by atoms with E-state index in [2.05, 4.69) is 21.2 Å². The van der Waals surface area contributed by atoms with Crippen LogP contribution in [0.1, 0.15) is 0 Å². The molecule has 6 heteroatoms. The highest BCUT2D eigenvalue weighted by Crippen LogP contribution is 2.46. The summed E-state index contributed by atoms with van der Waals surface area (Å²) in [6.07, 6.45) is 0. The third kappa shape index (κ3) is 2.02. The zero-order valence-electron chi connectivity index (χ0n) is 6.39. The third-order valence-electron chi connectivity index (χ3n) is 1.46. The molecule has 72 valence electrons. The van der Waals surface area contributed by atoms with Gasteiger partial charge in [0.1, 0.15) is 0 Å². The van der Waals surface area contributed by atoms with Gasteiger partial charge in [-0.05, 0) is 15.9 Å². The molecule has 1 nitrogen and oxygen atoms in total. The largest absolute Gasteiger partial charge is 0.386 e. The molecule has 1 rings (SSSR count). The molecular weight excluding hydrogens is 320 g/mol. The van der Waals surface area contributed by atoms with Crippen molar-refractivity contribution >= 4 is 68.0 Å². The minimum absolute atomic E-state index is 0.348. The summed E-state index contributed by atoms with van der Waals surface area (Å²) in [5.41, 5.74) is 0.529. The van der Waals surface area contributed by atoms with Gasteiger partial charge in [-0.2, -0.15) is 0 Å². The molecule has 0 amide bonds. The maximum absolute atomic E-state index is 5.91. The van der Waals surface area contributed by atoms with Gasteiger partial charge in [0.25, 0.3) is 0 Å². The van der Waals surface area contributed by atoms with Crippen molar-refractivity contribution in [3.8, 4) is 0 Å². The van der Waals surface area contributed by atoms with E-state index in [1.807, 2.05) is 0 Å². The fourth-order valence-electron chi connectivity index (χ4n) is 0.824. The quantitative estimate of drug-likeness (QED) is 0.559. The molecule has 0 aliphatic carbocycles. The van der Waals surface area contributed by atoms with E-state index in [1.54, 1.807) is 7.05 Å². The Morgan fingerprint density at radius 3 is 1.62 bits per heavy atom. The lowest BCUT2D eigenvalue weighted by Gasteiger charge is -2.11. The molecule has 1 N–H and O–H groups in total. The van der Waals surface area contributed by atoms with Crippen molar-refractivity contribution in [3.05, 3.63) is 24.6 Å². The summed E-state index contributed by atoms with van der Waals surface area (Å²) in [6, 6.07) is 0. The Kier molecular flexibility index (Phi) is 4.02. The van der Waals surface area contributed by atoms with Gasteiger partial charge >= 0.3 is 0 Å². The van der Waals surface area contributed by atoms with Crippen LogP contribution in [-0.2, 0) is 0 Å². The SMILES string of the molecule is CNc1c(Cl)c(Cl)c(Br)c(Cl)c1Cl. The van der Waals surface area contributed by atoms with E-state index in [1.165, 1.54) is 0 Å². The molecule has 0 fully saturated rings. The van der Waals surface area contributed by atoms with E-state index in [4.69, 9.17) is 46.4 Å². The van der Waals surface area contributed by atoms with Gasteiger partial charge in [0.2, 0.25) is 0 Å². The summed E-state index contributed by atoms with van der Waals surface area (Å²) >= 11 is 26.8. The summed E-state index contributed by atoms with van der Waals surface area (Å²) in [5.74, 6) is 0. The summed E-state index contributed by atoms with van der Waals surface area (Å²) in [7, 11) is 1.69. The number of anilines is 1. The zero-order chi connectivity index (χ0) is 10.2. The molecule has 0 aliphatic rings. The van der Waals surface area contributed by atoms with E-state index in [0.29, 0.717) is 30.3 Å². The number of hydrogen-bond acceptors (Lipinski definition) is 1. The number of halogens is 5. The lowest BCUT2D eigenvalue weighted by atomic mass is 10.3. The van der Waals surface area contributed by atoms with Crippen LogP contribution in [0.15, 0.2) is 4.47 Å². The van der Waals surface area contributed by atoms with Gasteiger partial charge in [-0.1, -0.05) is 46.4 Å². The van der Waals surface area contributed by atoms with Crippen LogP contribution in [0.5, 0.6) is 0 Å². The summed E-state index contributed by atoms with van der Waals surface area (Å²) in [6.45, 7) is 0. The predicted octanol–water partition coefficient (Wildman–Crippen LogP) is 5.10. The molecular formula is C7H4BrCl4N. The summed E-state index contributed by atoms with van der Waals surface area (Å²) in [4.78, 5) is 0. The first-order valence-electron chi connectivity index (χ1n) is 3.19. The molecule has 1 aromatic rings. The minimum atomic E-state index is 0.348. The van der Waals surface area contributed by atoms with Crippen molar-refractivity contribution in [1.29, 1.82) is 0 Å². The van der Waals surface area contributed by atoms with Crippen molar-refractivity contribution in [2.24, 2.45) is 0 Å². The monoisotopic (exact) mass is 321 g/mol. The Balaban J connectivity index is 3.56. The molecule has 0 bridgehead atoms. The number of hydrogen-bond donors (Lipinski definition) is 1. The van der Waals surface area contributed by atoms with Gasteiger partial charge in [0.05, 0.1) is 30.3 Å². The van der Waals surface area contributed by atoms with E-state index < -0.39 is 0 Å². The Bertz CT molecular complexity index is 324. The van der Waals surface area contributed by atoms with Crippen LogP contribution in [0.4, 0.5) is 5.69 Å². The maximum Gasteiger partial charge on any atom is 0.0851 e. The molecule has 0 saturated heterocycles. The van der Waals surface area contributed by atoms with E-state index >= 15 is 0 Å². The zero-order valence-corrected chi connectivity index (χ0v) is 11.0. The Hall–Kier alpha value is 0.660. The Morgan fingerprint density at radius 1 is 0.923 bits per heavy atom. The second kappa shape index (κ2) is 4.45. The molecule has 0 unspecified atom stereocenters. The van der Waals surface area contributed by atoms with Gasteiger partial charge in [-0.15, -0.1) is 0 Å². The van der Waals surface area contributed by atoms with Crippen LogP contribution in [0.3, 0.4) is 0 Å². The van der Waals surface area contributed by atoms with Crippen LogP contribution in [0.2, 0.25) is 20.1 Å². The highest BCUT2D eigenvalue weighted by Gasteiger charge is 2.17. The topological polar surface area (TPSA) is 12.0 Å². The highest BCUT2D eigenvalue weighted by molar-refractivity contribution is 9.10. The average Bonchev–Trinajstić information content (AvgIpc) is 2.13. The van der Waals surface area contributed by atoms with Crippen LogP contribution in [0.25, 0.3) is 0 Å². The van der Waals surface area contributed by atoms with Crippen molar-refractivity contribution in [3.63, 3.8) is 0 Å². The van der Waals surface area contributed by atoms with Gasteiger partial charge < -0.3 is 5.32 Å². The fraction of sp³-hybridized carbons (Fsp3) is 0.143. The first-order valence-corrected chi connectivity index (χ1v) is 5.50. The third-order valence-corrected chi connectivity index (χ3v) is 4.41. The maximum atomic E-state index is 5.91. The van der Waals surface area contributed by atoms with Gasteiger partial charge in [0.15, 0.2) is 0 Å². The second-order valence-corrected chi connectivity index (χ2v) is 4.50. The molecule has 0 aromatic heterocycles. The Labute approximate surface area is 104 Å². The lowest BCUT2D eigenvalue weighted by Crippen LogP contribution is -1.92. The van der Waals surface area contributed by atoms with E-state index in [0.717, 1.165) is 0 Å². The second-order valence-electron chi connectivity index (χ2n) is 2.19. The van der Waals surface area contributed by atoms with Crippen molar-refractivity contribution in [2.75, 3.05) is 12.4 Å². The lowest BCUT2D eigenvalue weighted by molar-refractivity contribution is 1.50. The van der Waals surface area contributed by atoms with Gasteiger partial charge in [0, 0.05) is 7.05 Å². The van der Waals surface area contributed by atoms with Crippen LogP contribution < -0.4 is 5.32 Å². The number of benzene rings is 1. The Morgan fingerprint density at radius 2 is 1.31 bits per heavy atom. The molecule has 0 saturated carbocycles. The molecule has 0 radical (unpaired) electrons. The van der Waals surface area contributed by atoms with Crippen molar-refractivity contribution in [1.82, 2.24) is 0 Å². The van der Waals surface area contributed by atoms with Crippen LogP contribution >= 0.6 is 62.3 Å². The van der Waals surface area contributed by atoms with Crippen molar-refractivity contribution in [2.45, 2.75) is 0 Å².